The summed E-state index contributed by atoms with van der Waals surface area (Å²) in [6, 6.07) is 16.2. The molecule has 0 aromatic heterocycles. The third-order valence-electron chi connectivity index (χ3n) is 8.79. The predicted octanol–water partition coefficient (Wildman–Crippen LogP) is 4.16. The molecule has 6 rings (SSSR count). The lowest BCUT2D eigenvalue weighted by atomic mass is 9.88. The zero-order chi connectivity index (χ0) is 26.1. The Bertz CT molecular complexity index is 1180. The van der Waals surface area contributed by atoms with Crippen molar-refractivity contribution in [3.05, 3.63) is 65.2 Å². The van der Waals surface area contributed by atoms with Crippen LogP contribution in [0.15, 0.2) is 48.5 Å². The Labute approximate surface area is 224 Å². The Morgan fingerprint density at radius 3 is 2.45 bits per heavy atom. The maximum atomic E-state index is 13.5. The predicted molar refractivity (Wildman–Crippen MR) is 145 cm³/mol. The van der Waals surface area contributed by atoms with Gasteiger partial charge in [0, 0.05) is 32.8 Å². The van der Waals surface area contributed by atoms with Crippen LogP contribution in [0.4, 0.5) is 5.69 Å². The van der Waals surface area contributed by atoms with Gasteiger partial charge >= 0.3 is 0 Å². The molecule has 0 unspecified atom stereocenters. The summed E-state index contributed by atoms with van der Waals surface area (Å²) in [5.74, 6) is 0.316. The van der Waals surface area contributed by atoms with Crippen LogP contribution in [0.3, 0.4) is 0 Å². The molecule has 0 radical (unpaired) electrons. The van der Waals surface area contributed by atoms with Gasteiger partial charge in [0.25, 0.3) is 11.8 Å². The van der Waals surface area contributed by atoms with E-state index in [1.54, 1.807) is 6.07 Å². The maximum Gasteiger partial charge on any atom is 0.263 e. The molecule has 3 fully saturated rings. The highest BCUT2D eigenvalue weighted by molar-refractivity contribution is 6.23. The first-order valence-electron chi connectivity index (χ1n) is 14.3. The van der Waals surface area contributed by atoms with Gasteiger partial charge in [-0.3, -0.25) is 19.3 Å². The zero-order valence-electron chi connectivity index (χ0n) is 22.0. The maximum absolute atomic E-state index is 13.5. The van der Waals surface area contributed by atoms with E-state index >= 15 is 0 Å². The number of likely N-dealkylation sites (tertiary alicyclic amines) is 1. The molecule has 2 aromatic carbocycles. The summed E-state index contributed by atoms with van der Waals surface area (Å²) in [5, 5.41) is 0. The average Bonchev–Trinajstić information content (AvgIpc) is 3.56. The second-order valence-electron chi connectivity index (χ2n) is 11.3. The van der Waals surface area contributed by atoms with E-state index in [9.17, 15) is 14.4 Å². The van der Waals surface area contributed by atoms with Crippen LogP contribution in [0.2, 0.25) is 0 Å². The molecule has 7 nitrogen and oxygen atoms in total. The van der Waals surface area contributed by atoms with Gasteiger partial charge < -0.3 is 14.5 Å². The summed E-state index contributed by atoms with van der Waals surface area (Å²) >= 11 is 0. The van der Waals surface area contributed by atoms with Crippen molar-refractivity contribution < 1.29 is 19.1 Å². The van der Waals surface area contributed by atoms with Gasteiger partial charge in [-0.1, -0.05) is 36.4 Å². The second kappa shape index (κ2) is 10.9. The Morgan fingerprint density at radius 1 is 0.868 bits per heavy atom. The lowest BCUT2D eigenvalue weighted by molar-refractivity contribution is -0.137. The van der Waals surface area contributed by atoms with Crippen LogP contribution >= 0.6 is 0 Å². The number of amides is 3. The Hall–Kier alpha value is -3.19. The first-order valence-corrected chi connectivity index (χ1v) is 14.3. The molecule has 4 aliphatic heterocycles. The van der Waals surface area contributed by atoms with Gasteiger partial charge in [0.1, 0.15) is 0 Å². The van der Waals surface area contributed by atoms with Crippen molar-refractivity contribution >= 4 is 23.4 Å². The Morgan fingerprint density at radius 2 is 1.68 bits per heavy atom. The van der Waals surface area contributed by atoms with Gasteiger partial charge in [-0.2, -0.15) is 0 Å². The number of benzene rings is 2. The monoisotopic (exact) mass is 515 g/mol. The summed E-state index contributed by atoms with van der Waals surface area (Å²) in [5.41, 5.74) is 3.12. The number of carbonyl (C=O) groups excluding carboxylic acids is 3. The van der Waals surface area contributed by atoms with Crippen LogP contribution in [0.5, 0.6) is 0 Å². The molecule has 4 aliphatic rings. The molecule has 0 spiro atoms. The highest BCUT2D eigenvalue weighted by Gasteiger charge is 2.41. The largest absolute Gasteiger partial charge is 0.376 e. The number of rotatable bonds is 6. The van der Waals surface area contributed by atoms with Crippen molar-refractivity contribution in [3.63, 3.8) is 0 Å². The minimum atomic E-state index is -0.231. The molecule has 3 amide bonds. The van der Waals surface area contributed by atoms with Crippen LogP contribution in [0.1, 0.15) is 64.8 Å². The summed E-state index contributed by atoms with van der Waals surface area (Å²) in [4.78, 5) is 45.7. The molecular formula is C31H37N3O4. The number of nitrogens with zero attached hydrogens (tertiary/aromatic N) is 3. The highest BCUT2D eigenvalue weighted by atomic mass is 16.5. The average molecular weight is 516 g/mol. The number of hydrogen-bond donors (Lipinski definition) is 0. The molecule has 0 saturated carbocycles. The highest BCUT2D eigenvalue weighted by Crippen LogP contribution is 2.35. The van der Waals surface area contributed by atoms with Crippen LogP contribution in [0.25, 0.3) is 0 Å². The standard InChI is InChI=1S/C31H37N3O4/c35-29(32-16-13-23(14-17-32)19-22-7-2-1-3-8-22)24-9-5-15-33(20-24)27-12-4-11-26-28(27)31(37)34(30(26)36)21-25-10-6-18-38-25/h1-4,7-8,11-12,23-25H,5-6,9-10,13-21H2/t24-,25+/m1/s1. The number of hydrogen-bond acceptors (Lipinski definition) is 5. The molecule has 38 heavy (non-hydrogen) atoms. The summed E-state index contributed by atoms with van der Waals surface area (Å²) in [6.45, 7) is 4.01. The smallest absolute Gasteiger partial charge is 0.263 e. The molecule has 4 heterocycles. The summed E-state index contributed by atoms with van der Waals surface area (Å²) < 4.78 is 5.69. The third-order valence-corrected chi connectivity index (χ3v) is 8.79. The number of fused-ring (bicyclic) bond motifs is 1. The van der Waals surface area contributed by atoms with Gasteiger partial charge in [-0.05, 0) is 68.6 Å². The Kier molecular flexibility index (Phi) is 7.20. The van der Waals surface area contributed by atoms with Gasteiger partial charge in [0.2, 0.25) is 5.91 Å². The van der Waals surface area contributed by atoms with E-state index in [-0.39, 0.29) is 29.7 Å². The quantitative estimate of drug-likeness (QED) is 0.541. The van der Waals surface area contributed by atoms with Crippen LogP contribution in [-0.4, -0.2) is 73.0 Å². The van der Waals surface area contributed by atoms with Crippen LogP contribution < -0.4 is 4.90 Å². The minimum absolute atomic E-state index is 0.0746. The topological polar surface area (TPSA) is 70.2 Å². The van der Waals surface area contributed by atoms with E-state index in [1.807, 2.05) is 12.1 Å². The van der Waals surface area contributed by atoms with Gasteiger partial charge in [-0.25, -0.2) is 0 Å². The fourth-order valence-electron chi connectivity index (χ4n) is 6.70. The van der Waals surface area contributed by atoms with E-state index in [2.05, 4.69) is 40.1 Å². The van der Waals surface area contributed by atoms with E-state index in [0.717, 1.165) is 70.3 Å². The number of carbonyl (C=O) groups is 3. The fraction of sp³-hybridized carbons (Fsp3) is 0.516. The SMILES string of the molecule is O=C([C@@H]1CCCN(c2cccc3c2C(=O)N(C[C@@H]2CCCO2)C3=O)C1)N1CCC(Cc2ccccc2)CC1. The normalized spacial score (nSPS) is 24.3. The molecule has 3 saturated heterocycles. The number of anilines is 1. The van der Waals surface area contributed by atoms with E-state index < -0.39 is 0 Å². The molecule has 7 heteroatoms. The Balaban J connectivity index is 1.10. The lowest BCUT2D eigenvalue weighted by Crippen LogP contribution is -2.47. The number of piperidine rings is 2. The second-order valence-corrected chi connectivity index (χ2v) is 11.3. The first kappa shape index (κ1) is 25.1. The summed E-state index contributed by atoms with van der Waals surface area (Å²) in [7, 11) is 0. The van der Waals surface area contributed by atoms with Crippen molar-refractivity contribution in [2.24, 2.45) is 11.8 Å². The molecule has 0 bridgehead atoms. The fourth-order valence-corrected chi connectivity index (χ4v) is 6.70. The van der Waals surface area contributed by atoms with Crippen molar-refractivity contribution in [3.8, 4) is 0 Å². The van der Waals surface area contributed by atoms with E-state index in [0.29, 0.717) is 36.7 Å². The third kappa shape index (κ3) is 4.96. The number of ether oxygens (including phenoxy) is 1. The molecule has 2 atom stereocenters. The molecular weight excluding hydrogens is 478 g/mol. The van der Waals surface area contributed by atoms with Crippen LogP contribution in [-0.2, 0) is 16.0 Å². The minimum Gasteiger partial charge on any atom is -0.376 e. The summed E-state index contributed by atoms with van der Waals surface area (Å²) in [6.07, 6.45) is 6.69. The van der Waals surface area contributed by atoms with Crippen molar-refractivity contribution in [1.29, 1.82) is 0 Å². The lowest BCUT2D eigenvalue weighted by Gasteiger charge is -2.39. The van der Waals surface area contributed by atoms with Gasteiger partial charge in [-0.15, -0.1) is 0 Å². The van der Waals surface area contributed by atoms with Crippen molar-refractivity contribution in [2.75, 3.05) is 44.2 Å². The number of imide groups is 1. The van der Waals surface area contributed by atoms with E-state index in [4.69, 9.17) is 4.74 Å². The van der Waals surface area contributed by atoms with E-state index in [1.165, 1.54) is 10.5 Å². The van der Waals surface area contributed by atoms with Crippen molar-refractivity contribution in [1.82, 2.24) is 9.80 Å². The van der Waals surface area contributed by atoms with Gasteiger partial charge in [0.15, 0.2) is 0 Å². The molecule has 0 aliphatic carbocycles. The first-order chi connectivity index (χ1) is 18.6. The van der Waals surface area contributed by atoms with Crippen molar-refractivity contribution in [2.45, 2.75) is 51.0 Å². The van der Waals surface area contributed by atoms with Gasteiger partial charge in [0.05, 0.1) is 35.4 Å². The molecule has 0 N–H and O–H groups in total. The van der Waals surface area contributed by atoms with Crippen LogP contribution in [0, 0.1) is 11.8 Å². The molecule has 2 aromatic rings. The molecule has 200 valence electrons. The zero-order valence-corrected chi connectivity index (χ0v) is 22.0.